The van der Waals surface area contributed by atoms with Gasteiger partial charge in [-0.05, 0) is 46.1 Å². The highest BCUT2D eigenvalue weighted by Gasteiger charge is 2.09. The van der Waals surface area contributed by atoms with Crippen LogP contribution in [0.1, 0.15) is 16.7 Å². The summed E-state index contributed by atoms with van der Waals surface area (Å²) in [7, 11) is 3.24. The standard InChI is InChI=1S/C17H18BrNO3/c1-12-6-4-5-7-13(12)10-19-22-11-14-8-17(21-3)15(18)9-16(14)20-2/h4-10H,11H2,1-3H3/b19-10+. The van der Waals surface area contributed by atoms with Crippen molar-refractivity contribution in [1.82, 2.24) is 0 Å². The molecule has 0 heterocycles. The second kappa shape index (κ2) is 7.84. The van der Waals surface area contributed by atoms with Crippen LogP contribution in [0.5, 0.6) is 11.5 Å². The summed E-state index contributed by atoms with van der Waals surface area (Å²) >= 11 is 3.43. The third-order valence-electron chi connectivity index (χ3n) is 3.23. The average molecular weight is 364 g/mol. The minimum Gasteiger partial charge on any atom is -0.496 e. The Balaban J connectivity index is 2.07. The van der Waals surface area contributed by atoms with Gasteiger partial charge in [-0.25, -0.2) is 0 Å². The van der Waals surface area contributed by atoms with Crippen molar-refractivity contribution in [2.24, 2.45) is 5.16 Å². The van der Waals surface area contributed by atoms with E-state index in [0.717, 1.165) is 32.7 Å². The van der Waals surface area contributed by atoms with Crippen LogP contribution in [0.3, 0.4) is 0 Å². The van der Waals surface area contributed by atoms with Crippen molar-refractivity contribution in [3.8, 4) is 11.5 Å². The second-order valence-electron chi connectivity index (χ2n) is 4.66. The first kappa shape index (κ1) is 16.4. The molecule has 0 fully saturated rings. The van der Waals surface area contributed by atoms with Crippen LogP contribution in [-0.2, 0) is 11.4 Å². The fourth-order valence-corrected chi connectivity index (χ4v) is 2.45. The van der Waals surface area contributed by atoms with E-state index in [-0.39, 0.29) is 0 Å². The average Bonchev–Trinajstić information content (AvgIpc) is 2.53. The van der Waals surface area contributed by atoms with E-state index in [1.165, 1.54) is 0 Å². The fraction of sp³-hybridized carbons (Fsp3) is 0.235. The van der Waals surface area contributed by atoms with Gasteiger partial charge in [-0.1, -0.05) is 29.4 Å². The molecule has 0 aliphatic carbocycles. The number of ether oxygens (including phenoxy) is 2. The zero-order chi connectivity index (χ0) is 15.9. The Labute approximate surface area is 138 Å². The third kappa shape index (κ3) is 4.01. The van der Waals surface area contributed by atoms with Gasteiger partial charge in [0.05, 0.1) is 24.9 Å². The molecule has 0 saturated heterocycles. The number of hydrogen-bond acceptors (Lipinski definition) is 4. The molecule has 0 N–H and O–H groups in total. The molecule has 0 radical (unpaired) electrons. The van der Waals surface area contributed by atoms with Crippen LogP contribution in [0.15, 0.2) is 46.0 Å². The molecular weight excluding hydrogens is 346 g/mol. The lowest BCUT2D eigenvalue weighted by Crippen LogP contribution is -1.96. The molecule has 0 amide bonds. The molecule has 0 saturated carbocycles. The van der Waals surface area contributed by atoms with Crippen molar-refractivity contribution < 1.29 is 14.3 Å². The smallest absolute Gasteiger partial charge is 0.146 e. The van der Waals surface area contributed by atoms with Gasteiger partial charge < -0.3 is 14.3 Å². The number of hydrogen-bond donors (Lipinski definition) is 0. The summed E-state index contributed by atoms with van der Waals surface area (Å²) in [6, 6.07) is 11.7. The van der Waals surface area contributed by atoms with Crippen LogP contribution in [-0.4, -0.2) is 20.4 Å². The Bertz CT molecular complexity index is 671. The number of halogens is 1. The van der Waals surface area contributed by atoms with Crippen LogP contribution >= 0.6 is 15.9 Å². The van der Waals surface area contributed by atoms with E-state index in [2.05, 4.69) is 21.1 Å². The highest BCUT2D eigenvalue weighted by Crippen LogP contribution is 2.33. The van der Waals surface area contributed by atoms with Gasteiger partial charge in [-0.3, -0.25) is 0 Å². The summed E-state index contributed by atoms with van der Waals surface area (Å²) < 4.78 is 11.5. The SMILES string of the molecule is COc1cc(CO/N=C/c2ccccc2C)c(OC)cc1Br. The van der Waals surface area contributed by atoms with E-state index in [1.54, 1.807) is 20.4 Å². The summed E-state index contributed by atoms with van der Waals surface area (Å²) in [5.41, 5.74) is 3.05. The van der Waals surface area contributed by atoms with Gasteiger partial charge in [-0.15, -0.1) is 0 Å². The molecule has 2 rings (SSSR count). The van der Waals surface area contributed by atoms with E-state index < -0.39 is 0 Å². The zero-order valence-corrected chi connectivity index (χ0v) is 14.4. The molecular formula is C17H18BrNO3. The number of nitrogens with zero attached hydrogens (tertiary/aromatic N) is 1. The summed E-state index contributed by atoms with van der Waals surface area (Å²) in [6.07, 6.45) is 1.71. The molecule has 2 aromatic carbocycles. The molecule has 0 spiro atoms. The molecule has 0 bridgehead atoms. The molecule has 0 aliphatic heterocycles. The Hall–Kier alpha value is -2.01. The summed E-state index contributed by atoms with van der Waals surface area (Å²) in [5, 5.41) is 4.02. The Morgan fingerprint density at radius 1 is 1.09 bits per heavy atom. The monoisotopic (exact) mass is 363 g/mol. The van der Waals surface area contributed by atoms with Gasteiger partial charge >= 0.3 is 0 Å². The van der Waals surface area contributed by atoms with Crippen LogP contribution < -0.4 is 9.47 Å². The van der Waals surface area contributed by atoms with Gasteiger partial charge in [0, 0.05) is 5.56 Å². The maximum absolute atomic E-state index is 5.38. The number of aryl methyl sites for hydroxylation is 1. The van der Waals surface area contributed by atoms with Crippen LogP contribution in [0, 0.1) is 6.92 Å². The lowest BCUT2D eigenvalue weighted by Gasteiger charge is -2.11. The summed E-state index contributed by atoms with van der Waals surface area (Å²) in [4.78, 5) is 5.38. The predicted molar refractivity (Wildman–Crippen MR) is 90.8 cm³/mol. The number of rotatable bonds is 6. The van der Waals surface area contributed by atoms with E-state index in [1.807, 2.05) is 43.3 Å². The molecule has 2 aromatic rings. The maximum Gasteiger partial charge on any atom is 0.146 e. The van der Waals surface area contributed by atoms with Crippen molar-refractivity contribution in [2.75, 3.05) is 14.2 Å². The molecule has 0 unspecified atom stereocenters. The van der Waals surface area contributed by atoms with Crippen LogP contribution in [0.2, 0.25) is 0 Å². The Morgan fingerprint density at radius 2 is 1.82 bits per heavy atom. The molecule has 22 heavy (non-hydrogen) atoms. The number of oxime groups is 1. The van der Waals surface area contributed by atoms with Crippen molar-refractivity contribution in [3.05, 3.63) is 57.6 Å². The van der Waals surface area contributed by atoms with Crippen molar-refractivity contribution in [2.45, 2.75) is 13.5 Å². The minimum atomic E-state index is 0.301. The van der Waals surface area contributed by atoms with Gasteiger partial charge in [0.2, 0.25) is 0 Å². The van der Waals surface area contributed by atoms with Crippen molar-refractivity contribution >= 4 is 22.1 Å². The largest absolute Gasteiger partial charge is 0.496 e. The molecule has 5 heteroatoms. The summed E-state index contributed by atoms with van der Waals surface area (Å²) in [6.45, 7) is 2.33. The second-order valence-corrected chi connectivity index (χ2v) is 5.52. The number of methoxy groups -OCH3 is 2. The minimum absolute atomic E-state index is 0.301. The topological polar surface area (TPSA) is 40.0 Å². The Morgan fingerprint density at radius 3 is 2.50 bits per heavy atom. The first-order valence-corrected chi connectivity index (χ1v) is 7.56. The van der Waals surface area contributed by atoms with Crippen LogP contribution in [0.4, 0.5) is 0 Å². The molecule has 0 aromatic heterocycles. The van der Waals surface area contributed by atoms with Crippen molar-refractivity contribution in [1.29, 1.82) is 0 Å². The third-order valence-corrected chi connectivity index (χ3v) is 3.85. The zero-order valence-electron chi connectivity index (χ0n) is 12.8. The Kier molecular flexibility index (Phi) is 5.83. The van der Waals surface area contributed by atoms with E-state index in [9.17, 15) is 0 Å². The highest BCUT2D eigenvalue weighted by atomic mass is 79.9. The van der Waals surface area contributed by atoms with Gasteiger partial charge in [0.15, 0.2) is 0 Å². The molecule has 4 nitrogen and oxygen atoms in total. The van der Waals surface area contributed by atoms with E-state index in [0.29, 0.717) is 6.61 Å². The van der Waals surface area contributed by atoms with Gasteiger partial charge in [0.1, 0.15) is 18.1 Å². The molecule has 0 aliphatic rings. The first-order valence-electron chi connectivity index (χ1n) is 6.77. The molecule has 0 atom stereocenters. The summed E-state index contributed by atoms with van der Waals surface area (Å²) in [5.74, 6) is 1.45. The highest BCUT2D eigenvalue weighted by molar-refractivity contribution is 9.10. The fourth-order valence-electron chi connectivity index (χ4n) is 1.97. The quantitative estimate of drug-likeness (QED) is 0.566. The lowest BCUT2D eigenvalue weighted by molar-refractivity contribution is 0.129. The number of benzene rings is 2. The first-order chi connectivity index (χ1) is 10.7. The van der Waals surface area contributed by atoms with E-state index in [4.69, 9.17) is 14.3 Å². The molecule has 116 valence electrons. The van der Waals surface area contributed by atoms with Crippen molar-refractivity contribution in [3.63, 3.8) is 0 Å². The lowest BCUT2D eigenvalue weighted by atomic mass is 10.1. The predicted octanol–water partition coefficient (Wildman–Crippen LogP) is 4.33. The van der Waals surface area contributed by atoms with Gasteiger partial charge in [0.25, 0.3) is 0 Å². The van der Waals surface area contributed by atoms with Gasteiger partial charge in [-0.2, -0.15) is 0 Å². The maximum atomic E-state index is 5.38. The van der Waals surface area contributed by atoms with Crippen LogP contribution in [0.25, 0.3) is 0 Å². The normalized spacial score (nSPS) is 10.7. The van der Waals surface area contributed by atoms with E-state index >= 15 is 0 Å².